The maximum Gasteiger partial charge on any atom is 0.251 e. The Morgan fingerprint density at radius 2 is 1.88 bits per heavy atom. The molecule has 0 bridgehead atoms. The number of rotatable bonds is 7. The van der Waals surface area contributed by atoms with Crippen LogP contribution < -0.4 is 15.0 Å². The third-order valence-corrected chi connectivity index (χ3v) is 3.70. The summed E-state index contributed by atoms with van der Waals surface area (Å²) in [6, 6.07) is 14.6. The number of nitrogens with zero attached hydrogens (tertiary/aromatic N) is 1. The second-order valence-electron chi connectivity index (χ2n) is 6.41. The molecule has 134 valence electrons. The zero-order valence-corrected chi connectivity index (χ0v) is 15.2. The van der Waals surface area contributed by atoms with Crippen LogP contribution in [0.25, 0.3) is 0 Å². The third kappa shape index (κ3) is 5.50. The van der Waals surface area contributed by atoms with Crippen LogP contribution >= 0.6 is 0 Å². The number of carbonyl (C=O) groups is 1. The van der Waals surface area contributed by atoms with E-state index in [1.807, 2.05) is 69.2 Å². The number of hydrogen-bond donors (Lipinski definition) is 2. The van der Waals surface area contributed by atoms with Crippen LogP contribution in [0, 0.1) is 0 Å². The lowest BCUT2D eigenvalue weighted by molar-refractivity contribution is 0.0916. The highest BCUT2D eigenvalue weighted by atomic mass is 16.5. The summed E-state index contributed by atoms with van der Waals surface area (Å²) in [6.07, 6.45) is -0.729. The Morgan fingerprint density at radius 1 is 1.16 bits per heavy atom. The van der Waals surface area contributed by atoms with Crippen molar-refractivity contribution in [3.8, 4) is 5.75 Å². The van der Waals surface area contributed by atoms with E-state index in [2.05, 4.69) is 5.32 Å². The molecule has 0 fully saturated rings. The van der Waals surface area contributed by atoms with Crippen molar-refractivity contribution >= 4 is 11.6 Å². The fourth-order valence-corrected chi connectivity index (χ4v) is 2.40. The minimum absolute atomic E-state index is 0.0658. The molecule has 25 heavy (non-hydrogen) atoms. The van der Waals surface area contributed by atoms with Crippen molar-refractivity contribution in [1.82, 2.24) is 5.32 Å². The first-order valence-corrected chi connectivity index (χ1v) is 8.37. The molecule has 0 aliphatic carbocycles. The van der Waals surface area contributed by atoms with Gasteiger partial charge in [0.05, 0.1) is 12.2 Å². The van der Waals surface area contributed by atoms with E-state index in [1.165, 1.54) is 0 Å². The van der Waals surface area contributed by atoms with Crippen molar-refractivity contribution in [3.05, 3.63) is 59.7 Å². The quantitative estimate of drug-likeness (QED) is 0.812. The molecule has 0 aliphatic heterocycles. The first-order chi connectivity index (χ1) is 11.9. The minimum atomic E-state index is -0.795. The Kier molecular flexibility index (Phi) is 6.42. The van der Waals surface area contributed by atoms with E-state index in [9.17, 15) is 9.90 Å². The molecule has 5 heteroatoms. The van der Waals surface area contributed by atoms with Gasteiger partial charge in [-0.2, -0.15) is 0 Å². The Morgan fingerprint density at radius 3 is 2.56 bits per heavy atom. The first kappa shape index (κ1) is 18.8. The van der Waals surface area contributed by atoms with Crippen LogP contribution in [-0.4, -0.2) is 37.8 Å². The number of aliphatic hydroxyl groups excluding tert-OH is 1. The van der Waals surface area contributed by atoms with E-state index in [-0.39, 0.29) is 18.6 Å². The molecule has 0 aliphatic rings. The number of benzene rings is 2. The van der Waals surface area contributed by atoms with Gasteiger partial charge in [-0.15, -0.1) is 0 Å². The molecule has 0 spiro atoms. The lowest BCUT2D eigenvalue weighted by Crippen LogP contribution is -2.28. The van der Waals surface area contributed by atoms with Gasteiger partial charge in [-0.05, 0) is 49.7 Å². The van der Waals surface area contributed by atoms with Gasteiger partial charge in [0.25, 0.3) is 5.91 Å². The summed E-state index contributed by atoms with van der Waals surface area (Å²) >= 11 is 0. The van der Waals surface area contributed by atoms with E-state index in [1.54, 1.807) is 12.1 Å². The SMILES string of the molecule is CC(C)Oc1cccc([C@H](O)CNC(=O)c2cccc(N(C)C)c2)c1. The van der Waals surface area contributed by atoms with Gasteiger partial charge in [-0.3, -0.25) is 4.79 Å². The van der Waals surface area contributed by atoms with Crippen LogP contribution in [0.5, 0.6) is 5.75 Å². The van der Waals surface area contributed by atoms with Gasteiger partial charge in [-0.1, -0.05) is 18.2 Å². The average molecular weight is 342 g/mol. The maximum atomic E-state index is 12.3. The van der Waals surface area contributed by atoms with Crippen molar-refractivity contribution < 1.29 is 14.6 Å². The van der Waals surface area contributed by atoms with Gasteiger partial charge in [0, 0.05) is 31.9 Å². The van der Waals surface area contributed by atoms with Crippen LogP contribution in [0.15, 0.2) is 48.5 Å². The maximum absolute atomic E-state index is 12.3. The molecule has 5 nitrogen and oxygen atoms in total. The fraction of sp³-hybridized carbons (Fsp3) is 0.350. The molecule has 0 radical (unpaired) electrons. The van der Waals surface area contributed by atoms with Crippen molar-refractivity contribution in [2.45, 2.75) is 26.1 Å². The van der Waals surface area contributed by atoms with Gasteiger partial charge in [0.1, 0.15) is 5.75 Å². The van der Waals surface area contributed by atoms with Crippen molar-refractivity contribution in [2.75, 3.05) is 25.5 Å². The molecule has 0 unspecified atom stereocenters. The summed E-state index contributed by atoms with van der Waals surface area (Å²) in [4.78, 5) is 14.2. The highest BCUT2D eigenvalue weighted by Gasteiger charge is 2.12. The molecule has 2 N–H and O–H groups in total. The third-order valence-electron chi connectivity index (χ3n) is 3.70. The summed E-state index contributed by atoms with van der Waals surface area (Å²) < 4.78 is 5.63. The van der Waals surface area contributed by atoms with Crippen LogP contribution in [0.2, 0.25) is 0 Å². The number of ether oxygens (including phenoxy) is 1. The molecule has 0 saturated heterocycles. The monoisotopic (exact) mass is 342 g/mol. The van der Waals surface area contributed by atoms with E-state index in [0.717, 1.165) is 5.69 Å². The molecule has 2 aromatic rings. The standard InChI is InChI=1S/C20H26N2O3/c1-14(2)25-18-10-6-7-15(12-18)19(23)13-21-20(24)16-8-5-9-17(11-16)22(3)4/h5-12,14,19,23H,13H2,1-4H3,(H,21,24)/t19-/m1/s1. The Bertz CT molecular complexity index is 714. The largest absolute Gasteiger partial charge is 0.491 e. The van der Waals surface area contributed by atoms with Gasteiger partial charge in [-0.25, -0.2) is 0 Å². The van der Waals surface area contributed by atoms with Crippen molar-refractivity contribution in [2.24, 2.45) is 0 Å². The van der Waals surface area contributed by atoms with E-state index in [4.69, 9.17) is 4.74 Å². The number of amides is 1. The second-order valence-corrected chi connectivity index (χ2v) is 6.41. The van der Waals surface area contributed by atoms with E-state index >= 15 is 0 Å². The Labute approximate surface area is 149 Å². The molecule has 0 heterocycles. The van der Waals surface area contributed by atoms with E-state index in [0.29, 0.717) is 16.9 Å². The summed E-state index contributed by atoms with van der Waals surface area (Å²) in [6.45, 7) is 4.03. The Hall–Kier alpha value is -2.53. The van der Waals surface area contributed by atoms with Crippen molar-refractivity contribution in [1.29, 1.82) is 0 Å². The molecular weight excluding hydrogens is 316 g/mol. The highest BCUT2D eigenvalue weighted by molar-refractivity contribution is 5.95. The number of nitrogens with one attached hydrogen (secondary N) is 1. The summed E-state index contributed by atoms with van der Waals surface area (Å²) in [5, 5.41) is 13.1. The summed E-state index contributed by atoms with van der Waals surface area (Å²) in [5.74, 6) is 0.494. The topological polar surface area (TPSA) is 61.8 Å². The van der Waals surface area contributed by atoms with Crippen LogP contribution in [0.4, 0.5) is 5.69 Å². The normalized spacial score (nSPS) is 11.9. The minimum Gasteiger partial charge on any atom is -0.491 e. The molecule has 1 amide bonds. The average Bonchev–Trinajstić information content (AvgIpc) is 2.59. The fourth-order valence-electron chi connectivity index (χ4n) is 2.40. The van der Waals surface area contributed by atoms with Crippen molar-refractivity contribution in [3.63, 3.8) is 0 Å². The van der Waals surface area contributed by atoms with Gasteiger partial charge in [0.2, 0.25) is 0 Å². The molecule has 2 aromatic carbocycles. The van der Waals surface area contributed by atoms with Crippen LogP contribution in [0.1, 0.15) is 35.9 Å². The molecular formula is C20H26N2O3. The zero-order valence-electron chi connectivity index (χ0n) is 15.2. The summed E-state index contributed by atoms with van der Waals surface area (Å²) in [5.41, 5.74) is 2.22. The number of anilines is 1. The zero-order chi connectivity index (χ0) is 18.4. The molecule has 2 rings (SSSR count). The second kappa shape index (κ2) is 8.53. The predicted octanol–water partition coefficient (Wildman–Crippen LogP) is 3.00. The van der Waals surface area contributed by atoms with Gasteiger partial charge in [0.15, 0.2) is 0 Å². The van der Waals surface area contributed by atoms with Crippen LogP contribution in [0.3, 0.4) is 0 Å². The first-order valence-electron chi connectivity index (χ1n) is 8.37. The summed E-state index contributed by atoms with van der Waals surface area (Å²) in [7, 11) is 3.85. The lowest BCUT2D eigenvalue weighted by atomic mass is 10.1. The molecule has 0 aromatic heterocycles. The van der Waals surface area contributed by atoms with Crippen LogP contribution in [-0.2, 0) is 0 Å². The molecule has 1 atom stereocenters. The smallest absolute Gasteiger partial charge is 0.251 e. The number of hydrogen-bond acceptors (Lipinski definition) is 4. The number of aliphatic hydroxyl groups is 1. The van der Waals surface area contributed by atoms with Gasteiger partial charge < -0.3 is 20.1 Å². The van der Waals surface area contributed by atoms with Gasteiger partial charge >= 0.3 is 0 Å². The molecule has 0 saturated carbocycles. The Balaban J connectivity index is 1.98. The number of carbonyl (C=O) groups excluding carboxylic acids is 1. The highest BCUT2D eigenvalue weighted by Crippen LogP contribution is 2.20. The van der Waals surface area contributed by atoms with E-state index < -0.39 is 6.10 Å². The lowest BCUT2D eigenvalue weighted by Gasteiger charge is -2.16. The predicted molar refractivity (Wildman–Crippen MR) is 100 cm³/mol.